The molecule has 1 rings (SSSR count). The standard InChI is InChI=1S/C10H20N2S/c1-8-5-4-6-9(7-8)12(3)10(13)11-2/h8-9H,4-7H2,1-3H3,(H,11,13). The average Bonchev–Trinajstić information content (AvgIpc) is 2.15. The lowest BCUT2D eigenvalue weighted by Crippen LogP contribution is -2.43. The molecule has 2 nitrogen and oxygen atoms in total. The maximum absolute atomic E-state index is 5.21. The van der Waals surface area contributed by atoms with E-state index < -0.39 is 0 Å². The lowest BCUT2D eigenvalue weighted by molar-refractivity contribution is 0.231. The van der Waals surface area contributed by atoms with Crippen molar-refractivity contribution >= 4 is 17.3 Å². The number of rotatable bonds is 1. The minimum atomic E-state index is 0.656. The van der Waals surface area contributed by atoms with E-state index in [1.165, 1.54) is 25.7 Å². The maximum Gasteiger partial charge on any atom is 0.168 e. The van der Waals surface area contributed by atoms with E-state index in [-0.39, 0.29) is 0 Å². The molecule has 2 atom stereocenters. The first-order valence-electron chi connectivity index (χ1n) is 5.09. The first-order valence-corrected chi connectivity index (χ1v) is 5.50. The predicted molar refractivity (Wildman–Crippen MR) is 60.8 cm³/mol. The highest BCUT2D eigenvalue weighted by molar-refractivity contribution is 7.80. The summed E-state index contributed by atoms with van der Waals surface area (Å²) in [5.74, 6) is 0.862. The van der Waals surface area contributed by atoms with Gasteiger partial charge < -0.3 is 10.2 Å². The van der Waals surface area contributed by atoms with E-state index in [9.17, 15) is 0 Å². The Labute approximate surface area is 86.7 Å². The van der Waals surface area contributed by atoms with Crippen LogP contribution in [-0.4, -0.2) is 30.1 Å². The van der Waals surface area contributed by atoms with Gasteiger partial charge in [-0.05, 0) is 31.0 Å². The van der Waals surface area contributed by atoms with Crippen LogP contribution >= 0.6 is 12.2 Å². The Hall–Kier alpha value is -0.310. The van der Waals surface area contributed by atoms with Gasteiger partial charge in [0.2, 0.25) is 0 Å². The van der Waals surface area contributed by atoms with Crippen LogP contribution in [0.25, 0.3) is 0 Å². The second-order valence-corrected chi connectivity index (χ2v) is 4.48. The molecule has 0 aliphatic heterocycles. The van der Waals surface area contributed by atoms with Crippen molar-refractivity contribution in [2.45, 2.75) is 38.6 Å². The van der Waals surface area contributed by atoms with Crippen LogP contribution < -0.4 is 5.32 Å². The Morgan fingerprint density at radius 2 is 2.15 bits per heavy atom. The minimum absolute atomic E-state index is 0.656. The van der Waals surface area contributed by atoms with Crippen LogP contribution in [0.15, 0.2) is 0 Å². The van der Waals surface area contributed by atoms with Crippen LogP contribution in [0.3, 0.4) is 0 Å². The summed E-state index contributed by atoms with van der Waals surface area (Å²) in [6.07, 6.45) is 5.32. The van der Waals surface area contributed by atoms with Crippen molar-refractivity contribution in [3.05, 3.63) is 0 Å². The van der Waals surface area contributed by atoms with E-state index in [1.807, 2.05) is 7.05 Å². The van der Waals surface area contributed by atoms with E-state index >= 15 is 0 Å². The van der Waals surface area contributed by atoms with Gasteiger partial charge in [-0.2, -0.15) is 0 Å². The quantitative estimate of drug-likeness (QED) is 0.652. The third kappa shape index (κ3) is 2.83. The van der Waals surface area contributed by atoms with Crippen molar-refractivity contribution in [1.29, 1.82) is 0 Å². The highest BCUT2D eigenvalue weighted by Gasteiger charge is 2.23. The summed E-state index contributed by atoms with van der Waals surface area (Å²) in [4.78, 5) is 2.21. The van der Waals surface area contributed by atoms with Gasteiger partial charge in [-0.25, -0.2) is 0 Å². The van der Waals surface area contributed by atoms with Crippen LogP contribution in [-0.2, 0) is 0 Å². The summed E-state index contributed by atoms with van der Waals surface area (Å²) >= 11 is 5.21. The molecule has 13 heavy (non-hydrogen) atoms. The number of nitrogens with one attached hydrogen (secondary N) is 1. The molecule has 0 amide bonds. The van der Waals surface area contributed by atoms with E-state index in [0.29, 0.717) is 6.04 Å². The third-order valence-electron chi connectivity index (χ3n) is 2.99. The van der Waals surface area contributed by atoms with Crippen LogP contribution in [0.4, 0.5) is 0 Å². The smallest absolute Gasteiger partial charge is 0.168 e. The van der Waals surface area contributed by atoms with E-state index in [1.54, 1.807) is 0 Å². The van der Waals surface area contributed by atoms with Gasteiger partial charge in [-0.1, -0.05) is 19.8 Å². The molecule has 0 bridgehead atoms. The van der Waals surface area contributed by atoms with Crippen LogP contribution in [0.1, 0.15) is 32.6 Å². The van der Waals surface area contributed by atoms with Gasteiger partial charge in [0.05, 0.1) is 0 Å². The predicted octanol–water partition coefficient (Wildman–Crippen LogP) is 2.00. The summed E-state index contributed by atoms with van der Waals surface area (Å²) in [7, 11) is 3.99. The minimum Gasteiger partial charge on any atom is -0.366 e. The normalized spacial score (nSPS) is 28.2. The average molecular weight is 200 g/mol. The number of hydrogen-bond donors (Lipinski definition) is 1. The largest absolute Gasteiger partial charge is 0.366 e. The van der Waals surface area contributed by atoms with Crippen LogP contribution in [0.2, 0.25) is 0 Å². The third-order valence-corrected chi connectivity index (χ3v) is 3.48. The van der Waals surface area contributed by atoms with E-state index in [0.717, 1.165) is 11.0 Å². The SMILES string of the molecule is CNC(=S)N(C)C1CCCC(C)C1. The molecule has 0 saturated heterocycles. The molecule has 0 heterocycles. The molecule has 0 aromatic carbocycles. The maximum atomic E-state index is 5.21. The number of thiocarbonyl (C=S) groups is 1. The Morgan fingerprint density at radius 3 is 2.69 bits per heavy atom. The van der Waals surface area contributed by atoms with Gasteiger partial charge >= 0.3 is 0 Å². The second-order valence-electron chi connectivity index (χ2n) is 4.09. The van der Waals surface area contributed by atoms with Crippen molar-refractivity contribution in [3.8, 4) is 0 Å². The summed E-state index contributed by atoms with van der Waals surface area (Å²) in [6.45, 7) is 2.34. The molecule has 1 N–H and O–H groups in total. The van der Waals surface area contributed by atoms with Gasteiger partial charge in [0, 0.05) is 20.1 Å². The Balaban J connectivity index is 2.45. The first-order chi connectivity index (χ1) is 6.15. The molecule has 1 fully saturated rings. The second kappa shape index (κ2) is 4.80. The number of nitrogens with zero attached hydrogens (tertiary/aromatic N) is 1. The lowest BCUT2D eigenvalue weighted by atomic mass is 9.86. The molecule has 0 aromatic rings. The highest BCUT2D eigenvalue weighted by Crippen LogP contribution is 2.26. The van der Waals surface area contributed by atoms with Gasteiger partial charge in [0.15, 0.2) is 5.11 Å². The molecule has 3 heteroatoms. The molecule has 0 spiro atoms. The molecule has 1 aliphatic carbocycles. The fourth-order valence-corrected chi connectivity index (χ4v) is 2.25. The monoisotopic (exact) mass is 200 g/mol. The molecule has 2 unspecified atom stereocenters. The van der Waals surface area contributed by atoms with Gasteiger partial charge in [0.25, 0.3) is 0 Å². The highest BCUT2D eigenvalue weighted by atomic mass is 32.1. The summed E-state index contributed by atoms with van der Waals surface area (Å²) in [5, 5.41) is 3.91. The van der Waals surface area contributed by atoms with Gasteiger partial charge in [0.1, 0.15) is 0 Å². The molecular weight excluding hydrogens is 180 g/mol. The van der Waals surface area contributed by atoms with E-state index in [2.05, 4.69) is 24.2 Å². The Bertz CT molecular complexity index is 182. The number of hydrogen-bond acceptors (Lipinski definition) is 1. The summed E-state index contributed by atoms with van der Waals surface area (Å²) in [6, 6.07) is 0.656. The lowest BCUT2D eigenvalue weighted by Gasteiger charge is -2.35. The van der Waals surface area contributed by atoms with Crippen LogP contribution in [0, 0.1) is 5.92 Å². The molecule has 0 aromatic heterocycles. The van der Waals surface area contributed by atoms with Gasteiger partial charge in [-0.15, -0.1) is 0 Å². The fourth-order valence-electron chi connectivity index (χ4n) is 2.10. The summed E-state index contributed by atoms with van der Waals surface area (Å²) in [5.41, 5.74) is 0. The Kier molecular flexibility index (Phi) is 3.97. The zero-order valence-corrected chi connectivity index (χ0v) is 9.66. The molecule has 1 aliphatic rings. The van der Waals surface area contributed by atoms with Gasteiger partial charge in [-0.3, -0.25) is 0 Å². The van der Waals surface area contributed by atoms with Crippen molar-refractivity contribution < 1.29 is 0 Å². The van der Waals surface area contributed by atoms with Crippen molar-refractivity contribution in [1.82, 2.24) is 10.2 Å². The van der Waals surface area contributed by atoms with E-state index in [4.69, 9.17) is 12.2 Å². The topological polar surface area (TPSA) is 15.3 Å². The zero-order chi connectivity index (χ0) is 9.84. The molecule has 0 radical (unpaired) electrons. The summed E-state index contributed by atoms with van der Waals surface area (Å²) < 4.78 is 0. The fraction of sp³-hybridized carbons (Fsp3) is 0.900. The van der Waals surface area contributed by atoms with Crippen molar-refractivity contribution in [2.75, 3.05) is 14.1 Å². The van der Waals surface area contributed by atoms with Crippen molar-refractivity contribution in [2.24, 2.45) is 5.92 Å². The molecule has 76 valence electrons. The van der Waals surface area contributed by atoms with Crippen molar-refractivity contribution in [3.63, 3.8) is 0 Å². The Morgan fingerprint density at radius 1 is 1.46 bits per heavy atom. The molecule has 1 saturated carbocycles. The van der Waals surface area contributed by atoms with Crippen LogP contribution in [0.5, 0.6) is 0 Å². The zero-order valence-electron chi connectivity index (χ0n) is 8.84. The first kappa shape index (κ1) is 10.8. The molecular formula is C10H20N2S.